The van der Waals surface area contributed by atoms with Crippen LogP contribution in [0.5, 0.6) is 0 Å². The second kappa shape index (κ2) is 7.13. The third-order valence-electron chi connectivity index (χ3n) is 2.93. The topological polar surface area (TPSA) is 58.6 Å². The number of carbonyl (C=O) groups excluding carboxylic acids is 1. The van der Waals surface area contributed by atoms with E-state index in [1.807, 2.05) is 32.0 Å². The van der Waals surface area contributed by atoms with Crippen molar-refractivity contribution in [2.75, 3.05) is 20.3 Å². The van der Waals surface area contributed by atoms with Crippen molar-refractivity contribution in [1.29, 1.82) is 0 Å². The predicted octanol–water partition coefficient (Wildman–Crippen LogP) is 1.43. The number of hydrogen-bond acceptors (Lipinski definition) is 3. The Morgan fingerprint density at radius 2 is 2.00 bits per heavy atom. The van der Waals surface area contributed by atoms with Crippen molar-refractivity contribution in [2.24, 2.45) is 0 Å². The molecule has 0 radical (unpaired) electrons. The summed E-state index contributed by atoms with van der Waals surface area (Å²) in [7, 11) is 1.60. The maximum atomic E-state index is 12.2. The predicted molar refractivity (Wildman–Crippen MR) is 70.7 cm³/mol. The van der Waals surface area contributed by atoms with E-state index in [2.05, 4.69) is 5.32 Å². The molecule has 18 heavy (non-hydrogen) atoms. The summed E-state index contributed by atoms with van der Waals surface area (Å²) in [5.41, 5.74) is 2.57. The Kier molecular flexibility index (Phi) is 5.82. The van der Waals surface area contributed by atoms with Crippen molar-refractivity contribution in [2.45, 2.75) is 26.3 Å². The first-order valence-electron chi connectivity index (χ1n) is 6.07. The van der Waals surface area contributed by atoms with Gasteiger partial charge in [0.15, 0.2) is 0 Å². The summed E-state index contributed by atoms with van der Waals surface area (Å²) in [6, 6.07) is 5.47. The quantitative estimate of drug-likeness (QED) is 0.804. The standard InChI is InChI=1S/C14H21NO3/c1-10-5-4-6-11(2)13(10)14(17)15-12(9-16)7-8-18-3/h4-6,12,16H,7-9H2,1-3H3,(H,15,17). The van der Waals surface area contributed by atoms with Crippen LogP contribution in [0.15, 0.2) is 18.2 Å². The molecule has 100 valence electrons. The molecule has 0 bridgehead atoms. The molecule has 0 fully saturated rings. The van der Waals surface area contributed by atoms with Crippen molar-refractivity contribution in [1.82, 2.24) is 5.32 Å². The van der Waals surface area contributed by atoms with E-state index in [9.17, 15) is 9.90 Å². The SMILES string of the molecule is COCCC(CO)NC(=O)c1c(C)cccc1C. The molecule has 1 aromatic carbocycles. The second-order valence-corrected chi connectivity index (χ2v) is 4.40. The van der Waals surface area contributed by atoms with E-state index < -0.39 is 0 Å². The molecule has 0 aliphatic rings. The zero-order chi connectivity index (χ0) is 13.5. The van der Waals surface area contributed by atoms with Gasteiger partial charge in [0, 0.05) is 19.3 Å². The highest BCUT2D eigenvalue weighted by atomic mass is 16.5. The Morgan fingerprint density at radius 1 is 1.39 bits per heavy atom. The highest BCUT2D eigenvalue weighted by Crippen LogP contribution is 2.13. The fourth-order valence-electron chi connectivity index (χ4n) is 1.90. The van der Waals surface area contributed by atoms with Crippen molar-refractivity contribution >= 4 is 5.91 Å². The molecule has 4 nitrogen and oxygen atoms in total. The Balaban J connectivity index is 2.75. The van der Waals surface area contributed by atoms with E-state index in [1.165, 1.54) is 0 Å². The number of aryl methyl sites for hydroxylation is 2. The molecular formula is C14H21NO3. The maximum absolute atomic E-state index is 12.2. The van der Waals surface area contributed by atoms with Crippen LogP contribution >= 0.6 is 0 Å². The monoisotopic (exact) mass is 251 g/mol. The molecule has 0 saturated carbocycles. The number of rotatable bonds is 6. The van der Waals surface area contributed by atoms with E-state index >= 15 is 0 Å². The van der Waals surface area contributed by atoms with Crippen LogP contribution in [0.2, 0.25) is 0 Å². The summed E-state index contributed by atoms with van der Waals surface area (Å²) >= 11 is 0. The molecule has 0 spiro atoms. The summed E-state index contributed by atoms with van der Waals surface area (Å²) in [4.78, 5) is 12.2. The third-order valence-corrected chi connectivity index (χ3v) is 2.93. The molecule has 0 heterocycles. The molecule has 0 aliphatic heterocycles. The summed E-state index contributed by atoms with van der Waals surface area (Å²) in [6.45, 7) is 4.24. The largest absolute Gasteiger partial charge is 0.394 e. The van der Waals surface area contributed by atoms with Gasteiger partial charge in [-0.3, -0.25) is 4.79 Å². The molecule has 0 aliphatic carbocycles. The molecule has 1 unspecified atom stereocenters. The van der Waals surface area contributed by atoms with Gasteiger partial charge in [0.1, 0.15) is 0 Å². The zero-order valence-corrected chi connectivity index (χ0v) is 11.2. The van der Waals surface area contributed by atoms with Crippen LogP contribution in [0.25, 0.3) is 0 Å². The molecular weight excluding hydrogens is 230 g/mol. The number of amides is 1. The van der Waals surface area contributed by atoms with E-state index in [4.69, 9.17) is 4.74 Å². The Bertz CT molecular complexity index is 384. The number of ether oxygens (including phenoxy) is 1. The van der Waals surface area contributed by atoms with Crippen LogP contribution in [0.3, 0.4) is 0 Å². The fourth-order valence-corrected chi connectivity index (χ4v) is 1.90. The van der Waals surface area contributed by atoms with E-state index in [0.717, 1.165) is 11.1 Å². The van der Waals surface area contributed by atoms with Gasteiger partial charge in [-0.05, 0) is 31.4 Å². The highest BCUT2D eigenvalue weighted by molar-refractivity contribution is 5.97. The number of methoxy groups -OCH3 is 1. The summed E-state index contributed by atoms with van der Waals surface area (Å²) in [5, 5.41) is 12.0. The first-order valence-corrected chi connectivity index (χ1v) is 6.07. The van der Waals surface area contributed by atoms with Crippen molar-refractivity contribution < 1.29 is 14.6 Å². The number of benzene rings is 1. The zero-order valence-electron chi connectivity index (χ0n) is 11.2. The minimum absolute atomic E-state index is 0.0833. The van der Waals surface area contributed by atoms with Crippen LogP contribution in [0.1, 0.15) is 27.9 Å². The average Bonchev–Trinajstić information content (AvgIpc) is 2.34. The molecule has 2 N–H and O–H groups in total. The van der Waals surface area contributed by atoms with Gasteiger partial charge in [-0.2, -0.15) is 0 Å². The number of aliphatic hydroxyl groups is 1. The lowest BCUT2D eigenvalue weighted by molar-refractivity contribution is 0.0893. The molecule has 0 aromatic heterocycles. The number of carbonyl (C=O) groups is 1. The Labute approximate surface area is 108 Å². The number of aliphatic hydroxyl groups excluding tert-OH is 1. The van der Waals surface area contributed by atoms with Gasteiger partial charge in [0.25, 0.3) is 5.91 Å². The van der Waals surface area contributed by atoms with Gasteiger partial charge in [-0.1, -0.05) is 18.2 Å². The first kappa shape index (κ1) is 14.7. The summed E-state index contributed by atoms with van der Waals surface area (Å²) < 4.78 is 4.95. The minimum Gasteiger partial charge on any atom is -0.394 e. The third kappa shape index (κ3) is 3.82. The average molecular weight is 251 g/mol. The van der Waals surface area contributed by atoms with Crippen molar-refractivity contribution in [3.05, 3.63) is 34.9 Å². The first-order chi connectivity index (χ1) is 8.60. The van der Waals surface area contributed by atoms with Crippen LogP contribution in [-0.2, 0) is 4.74 Å². The van der Waals surface area contributed by atoms with Gasteiger partial charge in [0.05, 0.1) is 12.6 Å². The van der Waals surface area contributed by atoms with E-state index in [0.29, 0.717) is 18.6 Å². The molecule has 4 heteroatoms. The Hall–Kier alpha value is -1.39. The Morgan fingerprint density at radius 3 is 2.50 bits per heavy atom. The van der Waals surface area contributed by atoms with Crippen LogP contribution in [0.4, 0.5) is 0 Å². The lowest BCUT2D eigenvalue weighted by Gasteiger charge is -2.17. The van der Waals surface area contributed by atoms with Crippen LogP contribution < -0.4 is 5.32 Å². The van der Waals surface area contributed by atoms with E-state index in [1.54, 1.807) is 7.11 Å². The lowest BCUT2D eigenvalue weighted by atomic mass is 10.0. The second-order valence-electron chi connectivity index (χ2n) is 4.40. The van der Waals surface area contributed by atoms with Gasteiger partial charge in [-0.25, -0.2) is 0 Å². The molecule has 1 rings (SSSR count). The maximum Gasteiger partial charge on any atom is 0.252 e. The summed E-state index contributed by atoms with van der Waals surface area (Å²) in [5.74, 6) is -0.138. The lowest BCUT2D eigenvalue weighted by Crippen LogP contribution is -2.38. The normalized spacial score (nSPS) is 12.2. The van der Waals surface area contributed by atoms with Gasteiger partial charge < -0.3 is 15.2 Å². The van der Waals surface area contributed by atoms with Crippen molar-refractivity contribution in [3.8, 4) is 0 Å². The molecule has 1 aromatic rings. The van der Waals surface area contributed by atoms with E-state index in [-0.39, 0.29) is 18.6 Å². The van der Waals surface area contributed by atoms with Crippen LogP contribution in [-0.4, -0.2) is 37.4 Å². The molecule has 1 atom stereocenters. The number of nitrogens with one attached hydrogen (secondary N) is 1. The summed E-state index contributed by atoms with van der Waals surface area (Å²) in [6.07, 6.45) is 0.601. The van der Waals surface area contributed by atoms with Gasteiger partial charge >= 0.3 is 0 Å². The minimum atomic E-state index is -0.267. The van der Waals surface area contributed by atoms with Crippen molar-refractivity contribution in [3.63, 3.8) is 0 Å². The fraction of sp³-hybridized carbons (Fsp3) is 0.500. The van der Waals surface area contributed by atoms with Gasteiger partial charge in [0.2, 0.25) is 0 Å². The number of hydrogen-bond donors (Lipinski definition) is 2. The molecule has 1 amide bonds. The smallest absolute Gasteiger partial charge is 0.252 e. The highest BCUT2D eigenvalue weighted by Gasteiger charge is 2.16. The van der Waals surface area contributed by atoms with Gasteiger partial charge in [-0.15, -0.1) is 0 Å². The molecule has 0 saturated heterocycles. The van der Waals surface area contributed by atoms with Crippen LogP contribution in [0, 0.1) is 13.8 Å².